The Kier molecular flexibility index (Phi) is 4.31. The fourth-order valence-electron chi connectivity index (χ4n) is 2.39. The minimum atomic E-state index is -0.149. The fourth-order valence-corrected chi connectivity index (χ4v) is 2.39. The van der Waals surface area contributed by atoms with Crippen LogP contribution >= 0.6 is 0 Å². The van der Waals surface area contributed by atoms with E-state index in [1.807, 2.05) is 6.92 Å². The van der Waals surface area contributed by atoms with Crippen molar-refractivity contribution in [2.45, 2.75) is 38.6 Å². The summed E-state index contributed by atoms with van der Waals surface area (Å²) in [5.74, 6) is 0.471. The van der Waals surface area contributed by atoms with Crippen molar-refractivity contribution in [2.24, 2.45) is 11.7 Å². The maximum absolute atomic E-state index is 12.2. The topological polar surface area (TPSA) is 90.1 Å². The number of nitrogens with zero attached hydrogens (tertiary/aromatic N) is 2. The van der Waals surface area contributed by atoms with Gasteiger partial charge in [-0.15, -0.1) is 0 Å². The summed E-state index contributed by atoms with van der Waals surface area (Å²) in [5.41, 5.74) is 6.74. The molecule has 1 saturated carbocycles. The fraction of sp³-hybridized carbons (Fsp3) is 0.615. The Morgan fingerprint density at radius 2 is 2.16 bits per heavy atom. The summed E-state index contributed by atoms with van der Waals surface area (Å²) in [6.07, 6.45) is 3.87. The van der Waals surface area contributed by atoms with Gasteiger partial charge in [-0.2, -0.15) is 4.98 Å². The van der Waals surface area contributed by atoms with Crippen LogP contribution in [-0.2, 0) is 4.79 Å². The Balaban J connectivity index is 2.07. The van der Waals surface area contributed by atoms with E-state index in [1.165, 1.54) is 7.11 Å². The van der Waals surface area contributed by atoms with E-state index in [9.17, 15) is 4.79 Å². The van der Waals surface area contributed by atoms with Crippen molar-refractivity contribution in [3.05, 3.63) is 11.8 Å². The molecule has 3 N–H and O–H groups in total. The minimum Gasteiger partial charge on any atom is -0.481 e. The number of aromatic nitrogens is 2. The van der Waals surface area contributed by atoms with Crippen LogP contribution in [0, 0.1) is 12.8 Å². The molecule has 0 aromatic carbocycles. The van der Waals surface area contributed by atoms with Crippen molar-refractivity contribution in [2.75, 3.05) is 12.4 Å². The number of anilines is 1. The molecule has 0 aliphatic heterocycles. The second-order valence-corrected chi connectivity index (χ2v) is 4.92. The number of carbonyl (C=O) groups is 1. The molecule has 1 aromatic rings. The first-order valence-electron chi connectivity index (χ1n) is 6.56. The zero-order chi connectivity index (χ0) is 13.8. The molecule has 0 bridgehead atoms. The number of carbonyl (C=O) groups excluding carboxylic acids is 1. The van der Waals surface area contributed by atoms with E-state index >= 15 is 0 Å². The average Bonchev–Trinajstić information content (AvgIpc) is 2.38. The molecule has 1 amide bonds. The van der Waals surface area contributed by atoms with Crippen LogP contribution in [0.1, 0.15) is 31.4 Å². The van der Waals surface area contributed by atoms with E-state index in [0.29, 0.717) is 5.88 Å². The van der Waals surface area contributed by atoms with Crippen molar-refractivity contribution in [3.8, 4) is 5.88 Å². The molecule has 1 aliphatic carbocycles. The molecule has 19 heavy (non-hydrogen) atoms. The van der Waals surface area contributed by atoms with Crippen LogP contribution in [0.5, 0.6) is 5.88 Å². The number of hydrogen-bond donors (Lipinski definition) is 2. The number of methoxy groups -OCH3 is 1. The van der Waals surface area contributed by atoms with Crippen LogP contribution in [0.2, 0.25) is 0 Å². The molecule has 2 atom stereocenters. The van der Waals surface area contributed by atoms with E-state index in [2.05, 4.69) is 15.3 Å². The summed E-state index contributed by atoms with van der Waals surface area (Å²) in [4.78, 5) is 20.5. The zero-order valence-corrected chi connectivity index (χ0v) is 11.3. The Bertz CT molecular complexity index is 464. The van der Waals surface area contributed by atoms with E-state index in [0.717, 1.165) is 31.4 Å². The summed E-state index contributed by atoms with van der Waals surface area (Å²) >= 11 is 0. The van der Waals surface area contributed by atoms with Crippen LogP contribution in [-0.4, -0.2) is 29.0 Å². The molecule has 1 heterocycles. The van der Waals surface area contributed by atoms with Crippen molar-refractivity contribution in [3.63, 3.8) is 0 Å². The van der Waals surface area contributed by atoms with E-state index in [4.69, 9.17) is 10.5 Å². The Hall–Kier alpha value is -1.69. The summed E-state index contributed by atoms with van der Waals surface area (Å²) < 4.78 is 5.06. The number of nitrogens with two attached hydrogens (primary N) is 1. The van der Waals surface area contributed by atoms with E-state index in [-0.39, 0.29) is 23.8 Å². The van der Waals surface area contributed by atoms with Crippen molar-refractivity contribution < 1.29 is 9.53 Å². The van der Waals surface area contributed by atoms with Gasteiger partial charge in [0.05, 0.1) is 13.0 Å². The highest BCUT2D eigenvalue weighted by atomic mass is 16.5. The second kappa shape index (κ2) is 5.97. The van der Waals surface area contributed by atoms with Gasteiger partial charge in [-0.1, -0.05) is 12.8 Å². The predicted molar refractivity (Wildman–Crippen MR) is 71.9 cm³/mol. The monoisotopic (exact) mass is 264 g/mol. The predicted octanol–water partition coefficient (Wildman–Crippen LogP) is 1.25. The molecule has 6 heteroatoms. The molecule has 1 aliphatic rings. The highest BCUT2D eigenvalue weighted by Crippen LogP contribution is 2.24. The number of aryl methyl sites for hydroxylation is 1. The molecule has 104 valence electrons. The Labute approximate surface area is 112 Å². The third kappa shape index (κ3) is 3.41. The van der Waals surface area contributed by atoms with Gasteiger partial charge in [0.15, 0.2) is 0 Å². The zero-order valence-electron chi connectivity index (χ0n) is 11.3. The van der Waals surface area contributed by atoms with Gasteiger partial charge in [0.1, 0.15) is 0 Å². The standard InChI is InChI=1S/C13H20N4O2/c1-8-7-11(19-2)16-13(15-8)17-12(18)9-5-3-4-6-10(9)14/h7,9-10H,3-6,14H2,1-2H3,(H,15,16,17,18). The number of hydrogen-bond acceptors (Lipinski definition) is 5. The van der Waals surface area contributed by atoms with Crippen LogP contribution in [0.25, 0.3) is 0 Å². The molecule has 2 rings (SSSR count). The SMILES string of the molecule is COc1cc(C)nc(NC(=O)C2CCCCC2N)n1. The minimum absolute atomic E-state index is 0.0690. The lowest BCUT2D eigenvalue weighted by Crippen LogP contribution is -2.41. The normalized spacial score (nSPS) is 22.9. The average molecular weight is 264 g/mol. The van der Waals surface area contributed by atoms with Gasteiger partial charge in [0, 0.05) is 17.8 Å². The second-order valence-electron chi connectivity index (χ2n) is 4.92. The lowest BCUT2D eigenvalue weighted by Gasteiger charge is -2.27. The first-order valence-corrected chi connectivity index (χ1v) is 6.56. The van der Waals surface area contributed by atoms with E-state index < -0.39 is 0 Å². The maximum Gasteiger partial charge on any atom is 0.232 e. The third-order valence-corrected chi connectivity index (χ3v) is 3.43. The van der Waals surface area contributed by atoms with Gasteiger partial charge in [0.25, 0.3) is 0 Å². The number of nitrogens with one attached hydrogen (secondary N) is 1. The third-order valence-electron chi connectivity index (χ3n) is 3.43. The highest BCUT2D eigenvalue weighted by Gasteiger charge is 2.28. The Morgan fingerprint density at radius 3 is 2.84 bits per heavy atom. The van der Waals surface area contributed by atoms with Gasteiger partial charge < -0.3 is 10.5 Å². The number of ether oxygens (including phenoxy) is 1. The van der Waals surface area contributed by atoms with Crippen LogP contribution in [0.4, 0.5) is 5.95 Å². The van der Waals surface area contributed by atoms with Crippen LogP contribution < -0.4 is 15.8 Å². The first-order chi connectivity index (χ1) is 9.10. The van der Waals surface area contributed by atoms with Crippen molar-refractivity contribution in [1.82, 2.24) is 9.97 Å². The molecular formula is C13H20N4O2. The van der Waals surface area contributed by atoms with Crippen molar-refractivity contribution in [1.29, 1.82) is 0 Å². The molecule has 1 fully saturated rings. The van der Waals surface area contributed by atoms with Gasteiger partial charge in [0.2, 0.25) is 17.7 Å². The van der Waals surface area contributed by atoms with Crippen LogP contribution in [0.15, 0.2) is 6.07 Å². The number of rotatable bonds is 3. The van der Waals surface area contributed by atoms with Gasteiger partial charge in [-0.05, 0) is 19.8 Å². The molecule has 2 unspecified atom stereocenters. The summed E-state index contributed by atoms with van der Waals surface area (Å²) in [6, 6.07) is 1.64. The largest absolute Gasteiger partial charge is 0.481 e. The maximum atomic E-state index is 12.2. The lowest BCUT2D eigenvalue weighted by molar-refractivity contribution is -0.121. The number of amides is 1. The smallest absolute Gasteiger partial charge is 0.232 e. The molecule has 1 aromatic heterocycles. The molecule has 0 saturated heterocycles. The van der Waals surface area contributed by atoms with Gasteiger partial charge >= 0.3 is 0 Å². The van der Waals surface area contributed by atoms with E-state index in [1.54, 1.807) is 6.07 Å². The molecule has 0 radical (unpaired) electrons. The summed E-state index contributed by atoms with van der Waals surface area (Å²) in [7, 11) is 1.53. The Morgan fingerprint density at radius 1 is 1.42 bits per heavy atom. The highest BCUT2D eigenvalue weighted by molar-refractivity contribution is 5.91. The van der Waals surface area contributed by atoms with Gasteiger partial charge in [-0.3, -0.25) is 10.1 Å². The molecular weight excluding hydrogens is 244 g/mol. The lowest BCUT2D eigenvalue weighted by atomic mass is 9.84. The van der Waals surface area contributed by atoms with Crippen LogP contribution in [0.3, 0.4) is 0 Å². The molecule has 6 nitrogen and oxygen atoms in total. The summed E-state index contributed by atoms with van der Waals surface area (Å²) in [5, 5.41) is 2.74. The summed E-state index contributed by atoms with van der Waals surface area (Å²) in [6.45, 7) is 1.83. The molecule has 0 spiro atoms. The first kappa shape index (κ1) is 13.7. The van der Waals surface area contributed by atoms with Crippen molar-refractivity contribution >= 4 is 11.9 Å². The quantitative estimate of drug-likeness (QED) is 0.857. The van der Waals surface area contributed by atoms with Gasteiger partial charge in [-0.25, -0.2) is 4.98 Å².